The maximum Gasteiger partial charge on any atom is 0.220 e. The Labute approximate surface area is 120 Å². The Bertz CT molecular complexity index is 434. The topological polar surface area (TPSA) is 55.1 Å². The number of carbonyl (C=O) groups is 1. The van der Waals surface area contributed by atoms with Crippen molar-refractivity contribution in [2.24, 2.45) is 5.73 Å². The van der Waals surface area contributed by atoms with Crippen molar-refractivity contribution in [2.75, 3.05) is 6.54 Å². The molecule has 112 valence electrons. The van der Waals surface area contributed by atoms with E-state index in [2.05, 4.69) is 5.32 Å². The third-order valence-corrected chi connectivity index (χ3v) is 3.43. The average Bonchev–Trinajstić information content (AvgIpc) is 2.41. The Kier molecular flexibility index (Phi) is 7.23. The monoisotopic (exact) mass is 280 g/mol. The highest BCUT2D eigenvalue weighted by Crippen LogP contribution is 2.16. The van der Waals surface area contributed by atoms with Crippen molar-refractivity contribution in [1.82, 2.24) is 5.32 Å². The van der Waals surface area contributed by atoms with Crippen LogP contribution in [-0.4, -0.2) is 12.5 Å². The van der Waals surface area contributed by atoms with Crippen molar-refractivity contribution < 1.29 is 9.18 Å². The van der Waals surface area contributed by atoms with Crippen LogP contribution in [0.2, 0.25) is 0 Å². The number of benzene rings is 1. The Hall–Kier alpha value is -1.42. The second-order valence-electron chi connectivity index (χ2n) is 5.25. The van der Waals surface area contributed by atoms with Gasteiger partial charge in [0.2, 0.25) is 5.91 Å². The van der Waals surface area contributed by atoms with Crippen LogP contribution in [0.4, 0.5) is 4.39 Å². The molecule has 0 heterocycles. The molecule has 0 aliphatic rings. The summed E-state index contributed by atoms with van der Waals surface area (Å²) in [7, 11) is 0. The van der Waals surface area contributed by atoms with Crippen molar-refractivity contribution in [3.8, 4) is 0 Å². The first-order chi connectivity index (χ1) is 9.54. The smallest absolute Gasteiger partial charge is 0.220 e. The minimum absolute atomic E-state index is 0.0197. The largest absolute Gasteiger partial charge is 0.350 e. The maximum atomic E-state index is 13.5. The molecule has 1 atom stereocenters. The SMILES string of the molecule is Cc1ccc(C(C)NC(=O)CCCCCCN)cc1F. The molecule has 0 aromatic heterocycles. The molecule has 0 fully saturated rings. The van der Waals surface area contributed by atoms with E-state index in [1.54, 1.807) is 13.0 Å². The van der Waals surface area contributed by atoms with Crippen LogP contribution in [0.15, 0.2) is 18.2 Å². The summed E-state index contributed by atoms with van der Waals surface area (Å²) in [5, 5.41) is 2.90. The summed E-state index contributed by atoms with van der Waals surface area (Å²) in [5.74, 6) is -0.211. The van der Waals surface area contributed by atoms with Crippen LogP contribution in [-0.2, 0) is 4.79 Å². The van der Waals surface area contributed by atoms with Crippen molar-refractivity contribution in [3.05, 3.63) is 35.1 Å². The van der Waals surface area contributed by atoms with E-state index in [-0.39, 0.29) is 17.8 Å². The highest BCUT2D eigenvalue weighted by atomic mass is 19.1. The summed E-state index contributed by atoms with van der Waals surface area (Å²) in [4.78, 5) is 11.8. The van der Waals surface area contributed by atoms with Gasteiger partial charge in [0.1, 0.15) is 5.82 Å². The summed E-state index contributed by atoms with van der Waals surface area (Å²) in [6.07, 6.45) is 4.51. The molecular weight excluding hydrogens is 255 g/mol. The van der Waals surface area contributed by atoms with Gasteiger partial charge in [-0.1, -0.05) is 25.0 Å². The maximum absolute atomic E-state index is 13.5. The summed E-state index contributed by atoms with van der Waals surface area (Å²) in [6, 6.07) is 4.91. The van der Waals surface area contributed by atoms with Crippen LogP contribution in [0.3, 0.4) is 0 Å². The van der Waals surface area contributed by atoms with Gasteiger partial charge in [0, 0.05) is 6.42 Å². The number of unbranched alkanes of at least 4 members (excludes halogenated alkanes) is 3. The zero-order valence-corrected chi connectivity index (χ0v) is 12.4. The summed E-state index contributed by atoms with van der Waals surface area (Å²) >= 11 is 0. The molecule has 1 amide bonds. The molecule has 1 aromatic rings. The van der Waals surface area contributed by atoms with Gasteiger partial charge in [-0.15, -0.1) is 0 Å². The lowest BCUT2D eigenvalue weighted by atomic mass is 10.1. The van der Waals surface area contributed by atoms with E-state index in [9.17, 15) is 9.18 Å². The van der Waals surface area contributed by atoms with Gasteiger partial charge in [-0.25, -0.2) is 4.39 Å². The van der Waals surface area contributed by atoms with E-state index >= 15 is 0 Å². The first-order valence-corrected chi connectivity index (χ1v) is 7.30. The first kappa shape index (κ1) is 16.6. The highest BCUT2D eigenvalue weighted by Gasteiger charge is 2.10. The fourth-order valence-corrected chi connectivity index (χ4v) is 2.06. The van der Waals surface area contributed by atoms with Gasteiger partial charge in [0.05, 0.1) is 6.04 Å². The predicted octanol–water partition coefficient (Wildman–Crippen LogP) is 3.22. The van der Waals surface area contributed by atoms with Gasteiger partial charge in [-0.3, -0.25) is 4.79 Å². The highest BCUT2D eigenvalue weighted by molar-refractivity contribution is 5.76. The predicted molar refractivity (Wildman–Crippen MR) is 79.8 cm³/mol. The molecule has 20 heavy (non-hydrogen) atoms. The molecule has 0 saturated heterocycles. The summed E-state index contributed by atoms with van der Waals surface area (Å²) in [5.41, 5.74) is 6.83. The summed E-state index contributed by atoms with van der Waals surface area (Å²) < 4.78 is 13.5. The van der Waals surface area contributed by atoms with Crippen LogP contribution in [0.5, 0.6) is 0 Å². The van der Waals surface area contributed by atoms with Crippen molar-refractivity contribution >= 4 is 5.91 Å². The number of amides is 1. The lowest BCUT2D eigenvalue weighted by Crippen LogP contribution is -2.26. The number of carbonyl (C=O) groups excluding carboxylic acids is 1. The Morgan fingerprint density at radius 2 is 2.00 bits per heavy atom. The quantitative estimate of drug-likeness (QED) is 0.718. The molecule has 1 rings (SSSR count). The standard InChI is InChI=1S/C16H25FN2O/c1-12-8-9-14(11-15(12)17)13(2)19-16(20)7-5-3-4-6-10-18/h8-9,11,13H,3-7,10,18H2,1-2H3,(H,19,20). The van der Waals surface area contributed by atoms with Gasteiger partial charge in [0.15, 0.2) is 0 Å². The fourth-order valence-electron chi connectivity index (χ4n) is 2.06. The zero-order chi connectivity index (χ0) is 15.0. The van der Waals surface area contributed by atoms with Crippen molar-refractivity contribution in [2.45, 2.75) is 52.0 Å². The normalized spacial score (nSPS) is 12.2. The van der Waals surface area contributed by atoms with E-state index in [0.29, 0.717) is 18.5 Å². The van der Waals surface area contributed by atoms with Crippen LogP contribution in [0.1, 0.15) is 56.2 Å². The van der Waals surface area contributed by atoms with E-state index < -0.39 is 0 Å². The number of hydrogen-bond donors (Lipinski definition) is 2. The Morgan fingerprint density at radius 3 is 2.65 bits per heavy atom. The molecule has 0 saturated carbocycles. The zero-order valence-electron chi connectivity index (χ0n) is 12.4. The third-order valence-electron chi connectivity index (χ3n) is 3.43. The minimum Gasteiger partial charge on any atom is -0.350 e. The number of nitrogens with two attached hydrogens (primary N) is 1. The van der Waals surface area contributed by atoms with Gasteiger partial charge < -0.3 is 11.1 Å². The molecule has 3 nitrogen and oxygen atoms in total. The van der Waals surface area contributed by atoms with E-state index in [1.165, 1.54) is 6.07 Å². The lowest BCUT2D eigenvalue weighted by molar-refractivity contribution is -0.121. The van der Waals surface area contributed by atoms with Gasteiger partial charge in [-0.2, -0.15) is 0 Å². The number of halogens is 1. The average molecular weight is 280 g/mol. The lowest BCUT2D eigenvalue weighted by Gasteiger charge is -2.15. The first-order valence-electron chi connectivity index (χ1n) is 7.30. The molecule has 0 bridgehead atoms. The van der Waals surface area contributed by atoms with Gasteiger partial charge in [-0.05, 0) is 50.4 Å². The van der Waals surface area contributed by atoms with E-state index in [0.717, 1.165) is 31.2 Å². The van der Waals surface area contributed by atoms with Crippen molar-refractivity contribution in [1.29, 1.82) is 0 Å². The molecule has 0 aliphatic heterocycles. The second kappa shape index (κ2) is 8.69. The Morgan fingerprint density at radius 1 is 1.30 bits per heavy atom. The van der Waals surface area contributed by atoms with Crippen LogP contribution in [0.25, 0.3) is 0 Å². The van der Waals surface area contributed by atoms with Crippen LogP contribution in [0, 0.1) is 12.7 Å². The molecular formula is C16H25FN2O. The molecule has 0 radical (unpaired) electrons. The fraction of sp³-hybridized carbons (Fsp3) is 0.562. The second-order valence-corrected chi connectivity index (χ2v) is 5.25. The van der Waals surface area contributed by atoms with Gasteiger partial charge >= 0.3 is 0 Å². The number of hydrogen-bond acceptors (Lipinski definition) is 2. The third kappa shape index (κ3) is 5.70. The number of rotatable bonds is 8. The summed E-state index contributed by atoms with van der Waals surface area (Å²) in [6.45, 7) is 4.31. The minimum atomic E-state index is -0.231. The van der Waals surface area contributed by atoms with E-state index in [1.807, 2.05) is 13.0 Å². The Balaban J connectivity index is 2.35. The van der Waals surface area contributed by atoms with Gasteiger partial charge in [0.25, 0.3) is 0 Å². The molecule has 4 heteroatoms. The van der Waals surface area contributed by atoms with Crippen LogP contribution >= 0.6 is 0 Å². The molecule has 1 unspecified atom stereocenters. The van der Waals surface area contributed by atoms with Crippen LogP contribution < -0.4 is 11.1 Å². The molecule has 0 aliphatic carbocycles. The van der Waals surface area contributed by atoms with E-state index in [4.69, 9.17) is 5.73 Å². The molecule has 3 N–H and O–H groups in total. The number of nitrogens with one attached hydrogen (secondary N) is 1. The number of aryl methyl sites for hydroxylation is 1. The van der Waals surface area contributed by atoms with Crippen molar-refractivity contribution in [3.63, 3.8) is 0 Å². The molecule has 0 spiro atoms. The molecule has 1 aromatic carbocycles.